The lowest BCUT2D eigenvalue weighted by molar-refractivity contribution is -0.133. The Kier molecular flexibility index (Phi) is 5.89. The molecule has 0 amide bonds. The smallest absolute Gasteiger partial charge is 0.307 e. The molecule has 0 rings (SSSR count). The summed E-state index contributed by atoms with van der Waals surface area (Å²) in [7, 11) is 1.89. The standard InChI is InChI=1S/C5H11O3P/c6-4-2-1-3-5(7)8-9/h6H,1-4,9H2. The van der Waals surface area contributed by atoms with Gasteiger partial charge in [0.15, 0.2) is 0 Å². The van der Waals surface area contributed by atoms with Crippen LogP contribution in [0.4, 0.5) is 0 Å². The molecular formula is C5H11O3P. The van der Waals surface area contributed by atoms with Gasteiger partial charge in [0.25, 0.3) is 0 Å². The predicted octanol–water partition coefficient (Wildman–Crippen LogP) is 0.482. The maximum atomic E-state index is 10.4. The molecule has 0 radical (unpaired) electrons. The number of carbonyl (C=O) groups excluding carboxylic acids is 1. The second-order valence-corrected chi connectivity index (χ2v) is 1.91. The molecule has 9 heavy (non-hydrogen) atoms. The molecule has 1 N–H and O–H groups in total. The molecule has 0 bridgehead atoms. The first kappa shape index (κ1) is 8.86. The number of rotatable bonds is 4. The number of hydrogen-bond donors (Lipinski definition) is 1. The lowest BCUT2D eigenvalue weighted by Gasteiger charge is -1.95. The van der Waals surface area contributed by atoms with Crippen molar-refractivity contribution in [3.63, 3.8) is 0 Å². The highest BCUT2D eigenvalue weighted by molar-refractivity contribution is 7.10. The number of aliphatic hydroxyl groups excluding tert-OH is 1. The van der Waals surface area contributed by atoms with Gasteiger partial charge in [0.1, 0.15) is 0 Å². The third kappa shape index (κ3) is 5.74. The molecule has 0 fully saturated rings. The van der Waals surface area contributed by atoms with Gasteiger partial charge in [-0.25, -0.2) is 0 Å². The molecule has 54 valence electrons. The summed E-state index contributed by atoms with van der Waals surface area (Å²) in [4.78, 5) is 10.4. The molecule has 4 heteroatoms. The van der Waals surface area contributed by atoms with Gasteiger partial charge in [-0.15, -0.1) is 0 Å². The zero-order valence-electron chi connectivity index (χ0n) is 5.17. The molecule has 0 aromatic rings. The predicted molar refractivity (Wildman–Crippen MR) is 36.7 cm³/mol. The Hall–Kier alpha value is -0.140. The summed E-state index contributed by atoms with van der Waals surface area (Å²) in [5.41, 5.74) is 0. The normalized spacial score (nSPS) is 9.11. The van der Waals surface area contributed by atoms with E-state index in [2.05, 4.69) is 4.52 Å². The number of carbonyl (C=O) groups is 1. The SMILES string of the molecule is O=C(CCCCO)OP. The highest BCUT2D eigenvalue weighted by Crippen LogP contribution is 1.98. The van der Waals surface area contributed by atoms with Crippen LogP contribution in [0.15, 0.2) is 0 Å². The van der Waals surface area contributed by atoms with Crippen LogP contribution in [0, 0.1) is 0 Å². The minimum absolute atomic E-state index is 0.143. The van der Waals surface area contributed by atoms with Gasteiger partial charge in [-0.3, -0.25) is 4.79 Å². The van der Waals surface area contributed by atoms with E-state index >= 15 is 0 Å². The molecule has 0 spiro atoms. The minimum atomic E-state index is -0.242. The second kappa shape index (κ2) is 5.99. The molecule has 1 atom stereocenters. The van der Waals surface area contributed by atoms with Crippen molar-refractivity contribution >= 4 is 15.4 Å². The molecule has 0 aliphatic carbocycles. The Morgan fingerprint density at radius 2 is 2.22 bits per heavy atom. The van der Waals surface area contributed by atoms with E-state index in [1.54, 1.807) is 0 Å². The monoisotopic (exact) mass is 150 g/mol. The molecule has 1 unspecified atom stereocenters. The maximum absolute atomic E-state index is 10.4. The van der Waals surface area contributed by atoms with Crippen LogP contribution in [0.5, 0.6) is 0 Å². The molecule has 0 heterocycles. The van der Waals surface area contributed by atoms with Crippen LogP contribution in [0.3, 0.4) is 0 Å². The highest BCUT2D eigenvalue weighted by atomic mass is 31.0. The Morgan fingerprint density at radius 3 is 2.67 bits per heavy atom. The third-order valence-corrected chi connectivity index (χ3v) is 1.18. The van der Waals surface area contributed by atoms with Crippen molar-refractivity contribution in [2.24, 2.45) is 0 Å². The molecule has 0 aromatic heterocycles. The third-order valence-electron chi connectivity index (χ3n) is 0.920. The van der Waals surface area contributed by atoms with Crippen molar-refractivity contribution in [1.29, 1.82) is 0 Å². The molecule has 0 aliphatic rings. The van der Waals surface area contributed by atoms with E-state index in [1.165, 1.54) is 0 Å². The Balaban J connectivity index is 2.97. The lowest BCUT2D eigenvalue weighted by Crippen LogP contribution is -1.96. The van der Waals surface area contributed by atoms with Gasteiger partial charge in [0, 0.05) is 13.0 Å². The van der Waals surface area contributed by atoms with Crippen molar-refractivity contribution in [3.8, 4) is 0 Å². The zero-order chi connectivity index (χ0) is 7.11. The topological polar surface area (TPSA) is 46.5 Å². The first-order chi connectivity index (χ1) is 4.31. The van der Waals surface area contributed by atoms with Crippen LogP contribution in [0.25, 0.3) is 0 Å². The van der Waals surface area contributed by atoms with Crippen molar-refractivity contribution in [3.05, 3.63) is 0 Å². The molecule has 0 saturated heterocycles. The van der Waals surface area contributed by atoms with Crippen molar-refractivity contribution in [2.75, 3.05) is 6.61 Å². The van der Waals surface area contributed by atoms with Gasteiger partial charge in [-0.2, -0.15) is 0 Å². The second-order valence-electron chi connectivity index (χ2n) is 1.67. The van der Waals surface area contributed by atoms with Crippen LogP contribution < -0.4 is 0 Å². The van der Waals surface area contributed by atoms with Crippen LogP contribution >= 0.6 is 9.47 Å². The summed E-state index contributed by atoms with van der Waals surface area (Å²) in [6.45, 7) is 0.143. The molecule has 0 saturated carbocycles. The largest absolute Gasteiger partial charge is 0.452 e. The summed E-state index contributed by atoms with van der Waals surface area (Å²) in [5.74, 6) is -0.242. The Bertz CT molecular complexity index is 84.3. The summed E-state index contributed by atoms with van der Waals surface area (Å²) in [6, 6.07) is 0. The van der Waals surface area contributed by atoms with Gasteiger partial charge < -0.3 is 9.63 Å². The van der Waals surface area contributed by atoms with E-state index in [-0.39, 0.29) is 12.6 Å². The van der Waals surface area contributed by atoms with E-state index in [1.807, 2.05) is 9.47 Å². The summed E-state index contributed by atoms with van der Waals surface area (Å²) < 4.78 is 4.29. The van der Waals surface area contributed by atoms with Crippen LogP contribution in [0.1, 0.15) is 19.3 Å². The van der Waals surface area contributed by atoms with Crippen molar-refractivity contribution in [1.82, 2.24) is 0 Å². The van der Waals surface area contributed by atoms with Crippen LogP contribution in [-0.4, -0.2) is 17.7 Å². The lowest BCUT2D eigenvalue weighted by atomic mass is 10.2. The molecule has 0 aliphatic heterocycles. The van der Waals surface area contributed by atoms with E-state index in [0.29, 0.717) is 19.3 Å². The van der Waals surface area contributed by atoms with Gasteiger partial charge >= 0.3 is 5.97 Å². The fourth-order valence-corrected chi connectivity index (χ4v) is 0.558. The fourth-order valence-electron chi connectivity index (χ4n) is 0.440. The van der Waals surface area contributed by atoms with Gasteiger partial charge in [-0.05, 0) is 12.8 Å². The van der Waals surface area contributed by atoms with Gasteiger partial charge in [0.05, 0.1) is 9.47 Å². The first-order valence-electron chi connectivity index (χ1n) is 2.81. The summed E-state index contributed by atoms with van der Waals surface area (Å²) in [5, 5.41) is 8.29. The van der Waals surface area contributed by atoms with Crippen LogP contribution in [0.2, 0.25) is 0 Å². The van der Waals surface area contributed by atoms with E-state index in [4.69, 9.17) is 5.11 Å². The van der Waals surface area contributed by atoms with Gasteiger partial charge in [-0.1, -0.05) is 0 Å². The maximum Gasteiger partial charge on any atom is 0.307 e. The Labute approximate surface area is 56.7 Å². The van der Waals surface area contributed by atoms with E-state index in [9.17, 15) is 4.79 Å². The minimum Gasteiger partial charge on any atom is -0.452 e. The average Bonchev–Trinajstić information content (AvgIpc) is 1.89. The van der Waals surface area contributed by atoms with Crippen molar-refractivity contribution < 1.29 is 14.4 Å². The Morgan fingerprint density at radius 1 is 1.56 bits per heavy atom. The number of hydrogen-bond acceptors (Lipinski definition) is 3. The quantitative estimate of drug-likeness (QED) is 0.468. The van der Waals surface area contributed by atoms with Crippen LogP contribution in [-0.2, 0) is 9.32 Å². The van der Waals surface area contributed by atoms with Crippen molar-refractivity contribution in [2.45, 2.75) is 19.3 Å². The van der Waals surface area contributed by atoms with E-state index < -0.39 is 0 Å². The summed E-state index contributed by atoms with van der Waals surface area (Å²) in [6.07, 6.45) is 1.76. The average molecular weight is 150 g/mol. The van der Waals surface area contributed by atoms with Gasteiger partial charge in [0.2, 0.25) is 0 Å². The number of unbranched alkanes of at least 4 members (excludes halogenated alkanes) is 1. The van der Waals surface area contributed by atoms with E-state index in [0.717, 1.165) is 0 Å². The molecular weight excluding hydrogens is 139 g/mol. The summed E-state index contributed by atoms with van der Waals surface area (Å²) >= 11 is 0. The molecule has 0 aromatic carbocycles. The molecule has 3 nitrogen and oxygen atoms in total. The fraction of sp³-hybridized carbons (Fsp3) is 0.800. The first-order valence-corrected chi connectivity index (χ1v) is 3.29. The zero-order valence-corrected chi connectivity index (χ0v) is 6.32. The highest BCUT2D eigenvalue weighted by Gasteiger charge is 1.97. The number of aliphatic hydroxyl groups is 1.